The van der Waals surface area contributed by atoms with E-state index in [0.717, 1.165) is 0 Å². The van der Waals surface area contributed by atoms with Gasteiger partial charge in [0.05, 0.1) is 26.4 Å². The maximum Gasteiger partial charge on any atom is 0.231 e. The highest BCUT2D eigenvalue weighted by atomic mass is 16.7. The van der Waals surface area contributed by atoms with Crippen molar-refractivity contribution in [3.8, 4) is 39.9 Å². The molecular weight excluding hydrogens is 480 g/mol. The minimum atomic E-state index is -1.66. The maximum atomic E-state index is 13.5. The van der Waals surface area contributed by atoms with Crippen molar-refractivity contribution in [3.05, 3.63) is 40.8 Å². The quantitative estimate of drug-likeness (QED) is 0.365. The molecule has 2 aliphatic heterocycles. The Kier molecular flexibility index (Phi) is 6.36. The van der Waals surface area contributed by atoms with Crippen molar-refractivity contribution < 1.29 is 53.3 Å². The predicted octanol–water partition coefficient (Wildman–Crippen LogP) is 0.385. The second-order valence-electron chi connectivity index (χ2n) is 8.18. The molecule has 5 atom stereocenters. The minimum Gasteiger partial charge on any atom is -0.492 e. The van der Waals surface area contributed by atoms with Gasteiger partial charge in [-0.1, -0.05) is 6.07 Å². The van der Waals surface area contributed by atoms with Crippen molar-refractivity contribution in [1.82, 2.24) is 0 Å². The number of aliphatic hydroxyl groups excluding tert-OH is 4. The van der Waals surface area contributed by atoms with Crippen molar-refractivity contribution >= 4 is 11.0 Å². The molecule has 12 heteroatoms. The van der Waals surface area contributed by atoms with E-state index in [1.54, 1.807) is 18.2 Å². The first-order valence-electron chi connectivity index (χ1n) is 11.0. The number of fused-ring (bicyclic) bond motifs is 2. The molecular formula is C24H24O12. The highest BCUT2D eigenvalue weighted by Crippen LogP contribution is 2.44. The fraction of sp³-hybridized carbons (Fsp3) is 0.375. The molecule has 36 heavy (non-hydrogen) atoms. The van der Waals surface area contributed by atoms with Crippen LogP contribution in [0.4, 0.5) is 0 Å². The molecule has 4 N–H and O–H groups in total. The van der Waals surface area contributed by atoms with E-state index in [-0.39, 0.29) is 40.6 Å². The van der Waals surface area contributed by atoms with Crippen molar-refractivity contribution in [3.63, 3.8) is 0 Å². The Morgan fingerprint density at radius 2 is 1.72 bits per heavy atom. The number of methoxy groups -OCH3 is 2. The summed E-state index contributed by atoms with van der Waals surface area (Å²) in [6.07, 6.45) is -6.23. The lowest BCUT2D eigenvalue weighted by Gasteiger charge is -2.39. The molecule has 3 aromatic rings. The van der Waals surface area contributed by atoms with Crippen LogP contribution in [0.1, 0.15) is 0 Å². The summed E-state index contributed by atoms with van der Waals surface area (Å²) in [4.78, 5) is 13.5. The number of hydrogen-bond donors (Lipinski definition) is 4. The summed E-state index contributed by atoms with van der Waals surface area (Å²) in [5, 5.41) is 39.9. The molecule has 1 fully saturated rings. The van der Waals surface area contributed by atoms with Gasteiger partial charge in [0.25, 0.3) is 0 Å². The lowest BCUT2D eigenvalue weighted by atomic mass is 9.99. The third kappa shape index (κ3) is 3.88. The molecule has 0 spiro atoms. The van der Waals surface area contributed by atoms with Gasteiger partial charge in [-0.2, -0.15) is 0 Å². The maximum absolute atomic E-state index is 13.5. The summed E-state index contributed by atoms with van der Waals surface area (Å²) < 4.78 is 38.6. The first-order chi connectivity index (χ1) is 17.4. The fourth-order valence-corrected chi connectivity index (χ4v) is 4.24. The van der Waals surface area contributed by atoms with Crippen molar-refractivity contribution in [2.45, 2.75) is 30.7 Å². The number of ether oxygens (including phenoxy) is 6. The second-order valence-corrected chi connectivity index (χ2v) is 8.18. The molecule has 0 amide bonds. The molecule has 0 bridgehead atoms. The van der Waals surface area contributed by atoms with Crippen LogP contribution in [0.3, 0.4) is 0 Å². The van der Waals surface area contributed by atoms with E-state index in [9.17, 15) is 25.2 Å². The van der Waals surface area contributed by atoms with E-state index in [1.165, 1.54) is 26.5 Å². The molecule has 5 rings (SSSR count). The van der Waals surface area contributed by atoms with Gasteiger partial charge in [-0.25, -0.2) is 0 Å². The van der Waals surface area contributed by atoms with Crippen LogP contribution in [0.2, 0.25) is 0 Å². The molecule has 2 aromatic carbocycles. The number of hydrogen-bond acceptors (Lipinski definition) is 12. The van der Waals surface area contributed by atoms with Gasteiger partial charge < -0.3 is 53.3 Å². The van der Waals surface area contributed by atoms with Gasteiger partial charge in [0.2, 0.25) is 24.3 Å². The predicted molar refractivity (Wildman–Crippen MR) is 122 cm³/mol. The topological polar surface area (TPSA) is 167 Å². The van der Waals surface area contributed by atoms with Crippen LogP contribution in [0.5, 0.6) is 28.7 Å². The summed E-state index contributed by atoms with van der Waals surface area (Å²) in [5.74, 6) is 1.03. The van der Waals surface area contributed by atoms with E-state index >= 15 is 0 Å². The largest absolute Gasteiger partial charge is 0.492 e. The zero-order valence-corrected chi connectivity index (χ0v) is 19.2. The van der Waals surface area contributed by atoms with Crippen molar-refractivity contribution in [1.29, 1.82) is 0 Å². The first-order valence-corrected chi connectivity index (χ1v) is 11.0. The Labute approximate surface area is 203 Å². The Morgan fingerprint density at radius 1 is 0.972 bits per heavy atom. The molecule has 1 aromatic heterocycles. The molecule has 2 aliphatic rings. The fourth-order valence-electron chi connectivity index (χ4n) is 4.24. The average Bonchev–Trinajstić information content (AvgIpc) is 3.36. The summed E-state index contributed by atoms with van der Waals surface area (Å²) in [5.41, 5.74) is 0.452. The second kappa shape index (κ2) is 9.48. The molecule has 3 heterocycles. The Morgan fingerprint density at radius 3 is 2.44 bits per heavy atom. The first kappa shape index (κ1) is 24.2. The summed E-state index contributed by atoms with van der Waals surface area (Å²) >= 11 is 0. The molecule has 0 radical (unpaired) electrons. The molecule has 1 saturated heterocycles. The molecule has 2 unspecified atom stereocenters. The Balaban J connectivity index is 1.58. The third-order valence-electron chi connectivity index (χ3n) is 6.12. The lowest BCUT2D eigenvalue weighted by Crippen LogP contribution is -2.60. The third-order valence-corrected chi connectivity index (χ3v) is 6.12. The van der Waals surface area contributed by atoms with Crippen LogP contribution in [-0.2, 0) is 4.74 Å². The highest BCUT2D eigenvalue weighted by molar-refractivity contribution is 5.91. The molecule has 12 nitrogen and oxygen atoms in total. The van der Waals surface area contributed by atoms with E-state index in [0.29, 0.717) is 17.1 Å². The molecule has 0 saturated carbocycles. The summed E-state index contributed by atoms with van der Waals surface area (Å²) in [6.45, 7) is -0.534. The molecule has 192 valence electrons. The monoisotopic (exact) mass is 504 g/mol. The highest BCUT2D eigenvalue weighted by Gasteiger charge is 2.45. The van der Waals surface area contributed by atoms with Crippen molar-refractivity contribution in [2.24, 2.45) is 0 Å². The SMILES string of the molecule is COc1c(O[C@@H]2OC(CO)[C@@H](O)[C@H](O)C2O)cc2occ(-c3ccc4c(c3)OCO4)c(=O)c2c1OC. The van der Waals surface area contributed by atoms with Crippen LogP contribution < -0.4 is 29.1 Å². The number of rotatable bonds is 6. The average molecular weight is 504 g/mol. The van der Waals surface area contributed by atoms with Gasteiger partial charge in [-0.3, -0.25) is 4.79 Å². The van der Waals surface area contributed by atoms with Crippen LogP contribution in [0, 0.1) is 0 Å². The van der Waals surface area contributed by atoms with Crippen molar-refractivity contribution in [2.75, 3.05) is 27.6 Å². The van der Waals surface area contributed by atoms with Gasteiger partial charge in [0.1, 0.15) is 41.6 Å². The van der Waals surface area contributed by atoms with Crippen LogP contribution >= 0.6 is 0 Å². The van der Waals surface area contributed by atoms with E-state index in [2.05, 4.69) is 0 Å². The normalized spacial score (nSPS) is 25.1. The van der Waals surface area contributed by atoms with Gasteiger partial charge in [0, 0.05) is 6.07 Å². The summed E-state index contributed by atoms with van der Waals surface area (Å²) in [6, 6.07) is 6.41. The number of aliphatic hydroxyl groups is 4. The van der Waals surface area contributed by atoms with Gasteiger partial charge in [-0.05, 0) is 17.7 Å². The van der Waals surface area contributed by atoms with E-state index in [1.807, 2.05) is 0 Å². The van der Waals surface area contributed by atoms with Gasteiger partial charge >= 0.3 is 0 Å². The van der Waals surface area contributed by atoms with E-state index in [4.69, 9.17) is 32.8 Å². The molecule has 0 aliphatic carbocycles. The zero-order chi connectivity index (χ0) is 25.6. The zero-order valence-electron chi connectivity index (χ0n) is 19.2. The van der Waals surface area contributed by atoms with Crippen LogP contribution in [0.15, 0.2) is 39.7 Å². The van der Waals surface area contributed by atoms with Gasteiger partial charge in [0.15, 0.2) is 23.0 Å². The number of benzene rings is 2. The smallest absolute Gasteiger partial charge is 0.231 e. The van der Waals surface area contributed by atoms with Crippen LogP contribution in [-0.4, -0.2) is 78.8 Å². The standard InChI is InChI=1S/C24H24O12/c1-30-22-15(35-24-21(29)20(28)19(27)16(7-25)36-24)6-14-17(23(22)31-2)18(26)11(8-32-14)10-3-4-12-13(5-10)34-9-33-12/h3-6,8,16,19-21,24-25,27-29H,7,9H2,1-2H3/t16?,19-,20+,21?,24-/m1/s1. The van der Waals surface area contributed by atoms with E-state index < -0.39 is 42.7 Å². The minimum absolute atomic E-state index is 0.00269. The van der Waals surface area contributed by atoms with Gasteiger partial charge in [-0.15, -0.1) is 0 Å². The van der Waals surface area contributed by atoms with Crippen LogP contribution in [0.25, 0.3) is 22.1 Å². The Bertz CT molecular complexity index is 1330. The summed E-state index contributed by atoms with van der Waals surface area (Å²) in [7, 11) is 2.66. The Hall–Kier alpha value is -3.55. The lowest BCUT2D eigenvalue weighted by molar-refractivity contribution is -0.277.